The van der Waals surface area contributed by atoms with Gasteiger partial charge >= 0.3 is 0 Å². The molecule has 4 atom stereocenters. The fourth-order valence-corrected chi connectivity index (χ4v) is 3.53. The van der Waals surface area contributed by atoms with Crippen molar-refractivity contribution in [3.05, 3.63) is 45.5 Å². The zero-order valence-electron chi connectivity index (χ0n) is 11.0. The Balaban J connectivity index is 1.79. The molecule has 7 nitrogen and oxygen atoms in total. The lowest BCUT2D eigenvalue weighted by molar-refractivity contribution is -0.384. The van der Waals surface area contributed by atoms with Gasteiger partial charge in [-0.3, -0.25) is 19.7 Å². The first-order valence-corrected chi connectivity index (χ1v) is 7.02. The molecule has 0 radical (unpaired) electrons. The lowest BCUT2D eigenvalue weighted by Gasteiger charge is -2.18. The molecule has 3 aliphatic heterocycles. The van der Waals surface area contributed by atoms with Crippen LogP contribution in [0.1, 0.15) is 0 Å². The number of nitro benzene ring substituents is 1. The molecular weight excluding hydrogens is 312 g/mol. The zero-order chi connectivity index (χ0) is 15.6. The summed E-state index contributed by atoms with van der Waals surface area (Å²) in [7, 11) is 0. The van der Waals surface area contributed by atoms with Crippen LogP contribution in [0.4, 0.5) is 11.4 Å². The van der Waals surface area contributed by atoms with Crippen LogP contribution in [0, 0.1) is 22.0 Å². The topological polar surface area (TPSA) is 89.8 Å². The molecule has 1 aromatic carbocycles. The molecule has 8 heteroatoms. The number of anilines is 1. The smallest absolute Gasteiger partial charge is 0.271 e. The average molecular weight is 321 g/mol. The minimum absolute atomic E-state index is 0.0552. The minimum atomic E-state index is -0.597. The normalized spacial score (nSPS) is 32.0. The van der Waals surface area contributed by atoms with Crippen molar-refractivity contribution in [2.45, 2.75) is 12.2 Å². The summed E-state index contributed by atoms with van der Waals surface area (Å²) in [5.41, 5.74) is -0.172. The Hall–Kier alpha value is -2.25. The number of carbonyl (C=O) groups excluding carboxylic acids is 2. The number of benzene rings is 1. The van der Waals surface area contributed by atoms with Crippen LogP contribution in [0.5, 0.6) is 0 Å². The van der Waals surface area contributed by atoms with Gasteiger partial charge in [0.25, 0.3) is 5.69 Å². The molecule has 0 aromatic heterocycles. The van der Waals surface area contributed by atoms with Crippen LogP contribution in [0.25, 0.3) is 0 Å². The van der Waals surface area contributed by atoms with Crippen LogP contribution in [0.2, 0.25) is 5.02 Å². The number of carbonyl (C=O) groups is 2. The number of nitro groups is 1. The number of hydrogen-bond acceptors (Lipinski definition) is 5. The standard InChI is InChI=1S/C14H9ClN2O5/c15-7-2-1-6(17(20)21)5-8(7)16-13(18)11-9-3-4-10(22-9)12(11)14(16)19/h1-5,9-12H/t9-,10-,11-,12-/m1/s1. The molecule has 112 valence electrons. The lowest BCUT2D eigenvalue weighted by Crippen LogP contribution is -2.34. The number of fused-ring (bicyclic) bond motifs is 5. The SMILES string of the molecule is O=C1[C@H]2[C@H](C(=O)N1c1cc([N+](=O)[O-])ccc1Cl)[C@H]1C=C[C@H]2O1. The summed E-state index contributed by atoms with van der Waals surface area (Å²) < 4.78 is 5.54. The maximum atomic E-state index is 12.6. The van der Waals surface area contributed by atoms with Gasteiger partial charge in [-0.15, -0.1) is 0 Å². The van der Waals surface area contributed by atoms with Gasteiger partial charge in [-0.2, -0.15) is 0 Å². The average Bonchev–Trinajstić information content (AvgIpc) is 3.14. The Labute approximate surface area is 129 Å². The van der Waals surface area contributed by atoms with Crippen molar-refractivity contribution in [3.63, 3.8) is 0 Å². The predicted molar refractivity (Wildman–Crippen MR) is 75.4 cm³/mol. The number of hydrogen-bond donors (Lipinski definition) is 0. The summed E-state index contributed by atoms with van der Waals surface area (Å²) in [6.45, 7) is 0. The van der Waals surface area contributed by atoms with Gasteiger partial charge in [0.1, 0.15) is 0 Å². The van der Waals surface area contributed by atoms with E-state index in [1.807, 2.05) is 0 Å². The number of amides is 2. The third-order valence-corrected chi connectivity index (χ3v) is 4.61. The predicted octanol–water partition coefficient (Wildman–Crippen LogP) is 1.69. The van der Waals surface area contributed by atoms with Gasteiger partial charge in [0, 0.05) is 12.1 Å². The summed E-state index contributed by atoms with van der Waals surface area (Å²) in [4.78, 5) is 36.4. The van der Waals surface area contributed by atoms with Crippen molar-refractivity contribution in [1.82, 2.24) is 0 Å². The lowest BCUT2D eigenvalue weighted by atomic mass is 9.85. The highest BCUT2D eigenvalue weighted by Crippen LogP contribution is 2.47. The van der Waals surface area contributed by atoms with E-state index in [2.05, 4.69) is 0 Å². The molecule has 3 heterocycles. The first-order valence-electron chi connectivity index (χ1n) is 6.64. The fourth-order valence-electron chi connectivity index (χ4n) is 3.33. The van der Waals surface area contributed by atoms with E-state index in [0.29, 0.717) is 0 Å². The van der Waals surface area contributed by atoms with Crippen LogP contribution in [0.15, 0.2) is 30.4 Å². The summed E-state index contributed by atoms with van der Waals surface area (Å²) in [5, 5.41) is 11.0. The molecule has 22 heavy (non-hydrogen) atoms. The molecule has 3 aliphatic rings. The molecule has 1 aromatic rings. The summed E-state index contributed by atoms with van der Waals surface area (Å²) in [6.07, 6.45) is 2.73. The van der Waals surface area contributed by atoms with Gasteiger partial charge in [-0.25, -0.2) is 4.90 Å². The van der Waals surface area contributed by atoms with E-state index in [9.17, 15) is 19.7 Å². The van der Waals surface area contributed by atoms with Gasteiger partial charge in [0.05, 0.1) is 39.7 Å². The molecule has 2 bridgehead atoms. The van der Waals surface area contributed by atoms with E-state index in [-0.39, 0.29) is 16.4 Å². The van der Waals surface area contributed by atoms with Crippen LogP contribution < -0.4 is 4.90 Å². The fraction of sp³-hybridized carbons (Fsp3) is 0.286. The Bertz CT molecular complexity index is 732. The Morgan fingerprint density at radius 2 is 1.73 bits per heavy atom. The monoisotopic (exact) mass is 320 g/mol. The molecule has 2 saturated heterocycles. The molecule has 0 N–H and O–H groups in total. The van der Waals surface area contributed by atoms with Crippen molar-refractivity contribution in [2.24, 2.45) is 11.8 Å². The van der Waals surface area contributed by atoms with E-state index >= 15 is 0 Å². The Morgan fingerprint density at radius 3 is 2.27 bits per heavy atom. The summed E-state index contributed by atoms with van der Waals surface area (Å²) in [5.74, 6) is -1.99. The van der Waals surface area contributed by atoms with Crippen molar-refractivity contribution < 1.29 is 19.2 Å². The van der Waals surface area contributed by atoms with Gasteiger partial charge in [-0.05, 0) is 6.07 Å². The quantitative estimate of drug-likeness (QED) is 0.358. The second-order valence-electron chi connectivity index (χ2n) is 5.41. The van der Waals surface area contributed by atoms with E-state index in [1.54, 1.807) is 12.2 Å². The number of nitrogens with zero attached hydrogens (tertiary/aromatic N) is 2. The number of ether oxygens (including phenoxy) is 1. The second-order valence-corrected chi connectivity index (χ2v) is 5.81. The highest BCUT2D eigenvalue weighted by atomic mass is 35.5. The van der Waals surface area contributed by atoms with Crippen molar-refractivity contribution in [3.8, 4) is 0 Å². The van der Waals surface area contributed by atoms with Crippen molar-refractivity contribution in [1.29, 1.82) is 0 Å². The molecule has 2 fully saturated rings. The highest BCUT2D eigenvalue weighted by molar-refractivity contribution is 6.36. The van der Waals surface area contributed by atoms with E-state index in [1.165, 1.54) is 12.1 Å². The third kappa shape index (κ3) is 1.60. The molecule has 0 spiro atoms. The van der Waals surface area contributed by atoms with Crippen molar-refractivity contribution in [2.75, 3.05) is 4.90 Å². The maximum absolute atomic E-state index is 12.6. The molecule has 0 saturated carbocycles. The summed E-state index contributed by atoms with van der Waals surface area (Å²) >= 11 is 6.04. The number of imide groups is 1. The van der Waals surface area contributed by atoms with Gasteiger partial charge in [0.2, 0.25) is 11.8 Å². The van der Waals surface area contributed by atoms with Crippen molar-refractivity contribution >= 4 is 34.8 Å². The second kappa shape index (κ2) is 4.37. The van der Waals surface area contributed by atoms with Gasteiger partial charge in [-0.1, -0.05) is 23.8 Å². The van der Waals surface area contributed by atoms with Crippen LogP contribution in [-0.4, -0.2) is 28.9 Å². The highest BCUT2D eigenvalue weighted by Gasteiger charge is 2.61. The minimum Gasteiger partial charge on any atom is -0.365 e. The molecule has 4 rings (SSSR count). The molecule has 0 unspecified atom stereocenters. The largest absolute Gasteiger partial charge is 0.365 e. The first-order chi connectivity index (χ1) is 10.5. The number of non-ortho nitro benzene ring substituents is 1. The third-order valence-electron chi connectivity index (χ3n) is 4.29. The molecule has 0 aliphatic carbocycles. The van der Waals surface area contributed by atoms with Crippen LogP contribution in [0.3, 0.4) is 0 Å². The summed E-state index contributed by atoms with van der Waals surface area (Å²) in [6, 6.07) is 3.69. The number of halogens is 1. The van der Waals surface area contributed by atoms with Crippen LogP contribution >= 0.6 is 11.6 Å². The van der Waals surface area contributed by atoms with Gasteiger partial charge in [0.15, 0.2) is 0 Å². The molecular formula is C14H9ClN2O5. The molecule has 2 amide bonds. The van der Waals surface area contributed by atoms with E-state index in [0.717, 1.165) is 11.0 Å². The Kier molecular flexibility index (Phi) is 2.67. The first kappa shape index (κ1) is 13.4. The zero-order valence-corrected chi connectivity index (χ0v) is 11.8. The van der Waals surface area contributed by atoms with E-state index < -0.39 is 40.8 Å². The maximum Gasteiger partial charge on any atom is 0.271 e. The number of rotatable bonds is 2. The van der Waals surface area contributed by atoms with Gasteiger partial charge < -0.3 is 4.74 Å². The Morgan fingerprint density at radius 1 is 1.14 bits per heavy atom. The van der Waals surface area contributed by atoms with E-state index in [4.69, 9.17) is 16.3 Å². The van der Waals surface area contributed by atoms with Crippen LogP contribution in [-0.2, 0) is 14.3 Å².